The normalized spacial score (nSPS) is 14.7. The third-order valence-electron chi connectivity index (χ3n) is 6.06. The number of nitrogen functional groups attached to an aromatic ring is 1. The van der Waals surface area contributed by atoms with Crippen molar-refractivity contribution in [3.63, 3.8) is 0 Å². The molecule has 0 bridgehead atoms. The van der Waals surface area contributed by atoms with Crippen molar-refractivity contribution < 1.29 is 12.8 Å². The molecule has 0 radical (unpaired) electrons. The summed E-state index contributed by atoms with van der Waals surface area (Å²) in [5.41, 5.74) is 7.90. The van der Waals surface area contributed by atoms with E-state index in [4.69, 9.17) is 28.9 Å². The van der Waals surface area contributed by atoms with Crippen molar-refractivity contribution in [2.24, 2.45) is 0 Å². The van der Waals surface area contributed by atoms with E-state index >= 15 is 4.39 Å². The Morgan fingerprint density at radius 1 is 1.09 bits per heavy atom. The van der Waals surface area contributed by atoms with E-state index in [0.29, 0.717) is 39.0 Å². The summed E-state index contributed by atoms with van der Waals surface area (Å²) in [4.78, 5) is 8.35. The zero-order valence-electron chi connectivity index (χ0n) is 17.8. The first-order valence-electron chi connectivity index (χ1n) is 10.6. The van der Waals surface area contributed by atoms with Gasteiger partial charge in [0.25, 0.3) is 10.0 Å². The molecule has 2 heterocycles. The van der Waals surface area contributed by atoms with Crippen LogP contribution in [-0.2, 0) is 10.0 Å². The lowest BCUT2D eigenvalue weighted by molar-refractivity contribution is 0.532. The van der Waals surface area contributed by atoms with Crippen LogP contribution in [0.3, 0.4) is 0 Å². The summed E-state index contributed by atoms with van der Waals surface area (Å²) < 4.78 is 45.0. The molecule has 1 fully saturated rings. The second-order valence-corrected chi connectivity index (χ2v) is 10.7. The average molecular weight is 520 g/mol. The molecule has 4 aromatic rings. The highest BCUT2D eigenvalue weighted by atomic mass is 35.5. The van der Waals surface area contributed by atoms with Gasteiger partial charge in [0.15, 0.2) is 0 Å². The lowest BCUT2D eigenvalue weighted by Gasteiger charge is -2.12. The maximum absolute atomic E-state index is 15.1. The quantitative estimate of drug-likeness (QED) is 0.334. The average Bonchev–Trinajstić information content (AvgIpc) is 3.43. The summed E-state index contributed by atoms with van der Waals surface area (Å²) in [5, 5.41) is 0.877. The molecule has 2 aromatic carbocycles. The molecule has 2 aromatic heterocycles. The molecule has 11 heteroatoms. The van der Waals surface area contributed by atoms with Gasteiger partial charge in [0.05, 0.1) is 16.1 Å². The van der Waals surface area contributed by atoms with Gasteiger partial charge in [-0.2, -0.15) is 0 Å². The van der Waals surface area contributed by atoms with Crippen molar-refractivity contribution in [3.05, 3.63) is 64.8 Å². The van der Waals surface area contributed by atoms with Gasteiger partial charge in [0.2, 0.25) is 0 Å². The van der Waals surface area contributed by atoms with Crippen LogP contribution in [0.5, 0.6) is 0 Å². The minimum absolute atomic E-state index is 0.0628. The van der Waals surface area contributed by atoms with E-state index in [2.05, 4.69) is 19.3 Å². The van der Waals surface area contributed by atoms with Gasteiger partial charge < -0.3 is 10.3 Å². The number of hydrogen-bond donors (Lipinski definition) is 2. The predicted molar refractivity (Wildman–Crippen MR) is 132 cm³/mol. The van der Waals surface area contributed by atoms with E-state index < -0.39 is 15.8 Å². The van der Waals surface area contributed by atoms with Crippen LogP contribution in [0.1, 0.15) is 31.7 Å². The standard InChI is InChI=1S/C23H20Cl2FN5O2S/c24-14-6-8-20(17(25)10-14)34(32,33)30-19-7-5-13(9-18(19)26)16-11-31(15-3-1-2-4-15)23-21(16)22(27)28-12-29-23/h5-12,15,30H,1-4H2,(H2,27,28,29). The number of anilines is 2. The first kappa shape index (κ1) is 22.9. The largest absolute Gasteiger partial charge is 0.383 e. The molecule has 1 saturated carbocycles. The van der Waals surface area contributed by atoms with Crippen LogP contribution in [0.15, 0.2) is 53.8 Å². The Morgan fingerprint density at radius 3 is 2.56 bits per heavy atom. The molecule has 0 unspecified atom stereocenters. The van der Waals surface area contributed by atoms with E-state index in [1.54, 1.807) is 6.07 Å². The summed E-state index contributed by atoms with van der Waals surface area (Å²) >= 11 is 11.9. The van der Waals surface area contributed by atoms with Crippen LogP contribution in [0.2, 0.25) is 10.0 Å². The minimum Gasteiger partial charge on any atom is -0.383 e. The summed E-state index contributed by atoms with van der Waals surface area (Å²) in [6, 6.07) is 8.53. The first-order chi connectivity index (χ1) is 16.2. The number of aromatic nitrogens is 3. The van der Waals surface area contributed by atoms with Gasteiger partial charge in [-0.25, -0.2) is 22.8 Å². The molecule has 0 atom stereocenters. The Balaban J connectivity index is 1.53. The highest BCUT2D eigenvalue weighted by Crippen LogP contribution is 2.39. The molecule has 176 valence electrons. The number of fused-ring (bicyclic) bond motifs is 1. The molecule has 5 rings (SSSR count). The van der Waals surface area contributed by atoms with Crippen LogP contribution in [0, 0.1) is 5.82 Å². The molecule has 0 saturated heterocycles. The van der Waals surface area contributed by atoms with Crippen molar-refractivity contribution in [1.29, 1.82) is 0 Å². The van der Waals surface area contributed by atoms with Gasteiger partial charge in [0.1, 0.15) is 28.5 Å². The van der Waals surface area contributed by atoms with Crippen molar-refractivity contribution in [2.45, 2.75) is 36.6 Å². The SMILES string of the molecule is Nc1ncnc2c1c(-c1ccc(NS(=O)(=O)c3ccc(Cl)cc3Cl)c(F)c1)cn2C1CCCC1. The fraction of sp³-hybridized carbons (Fsp3) is 0.217. The van der Waals surface area contributed by atoms with Crippen LogP contribution < -0.4 is 10.5 Å². The predicted octanol–water partition coefficient (Wildman–Crippen LogP) is 6.04. The Hall–Kier alpha value is -2.88. The second-order valence-electron chi connectivity index (χ2n) is 8.22. The second kappa shape index (κ2) is 8.72. The first-order valence-corrected chi connectivity index (χ1v) is 12.9. The van der Waals surface area contributed by atoms with Crippen molar-refractivity contribution >= 4 is 55.8 Å². The fourth-order valence-corrected chi connectivity index (χ4v) is 6.29. The van der Waals surface area contributed by atoms with Crippen molar-refractivity contribution in [1.82, 2.24) is 14.5 Å². The zero-order valence-corrected chi connectivity index (χ0v) is 20.1. The van der Waals surface area contributed by atoms with E-state index in [0.717, 1.165) is 25.7 Å². The number of benzene rings is 2. The van der Waals surface area contributed by atoms with E-state index in [1.807, 2.05) is 6.20 Å². The molecule has 7 nitrogen and oxygen atoms in total. The monoisotopic (exact) mass is 519 g/mol. The van der Waals surface area contributed by atoms with Gasteiger partial charge in [-0.05, 0) is 48.7 Å². The number of nitrogens with two attached hydrogens (primary N) is 1. The summed E-state index contributed by atoms with van der Waals surface area (Å²) in [6.07, 6.45) is 7.71. The third-order valence-corrected chi connectivity index (χ3v) is 8.15. The van der Waals surface area contributed by atoms with Gasteiger partial charge in [-0.15, -0.1) is 0 Å². The van der Waals surface area contributed by atoms with Crippen molar-refractivity contribution in [2.75, 3.05) is 10.5 Å². The summed E-state index contributed by atoms with van der Waals surface area (Å²) in [5.74, 6) is -0.442. The molecule has 0 aliphatic heterocycles. The number of rotatable bonds is 5. The van der Waals surface area contributed by atoms with Gasteiger partial charge >= 0.3 is 0 Å². The maximum Gasteiger partial charge on any atom is 0.263 e. The molecular formula is C23H20Cl2FN5O2S. The Labute approximate surface area is 205 Å². The lowest BCUT2D eigenvalue weighted by atomic mass is 10.1. The number of halogens is 3. The smallest absolute Gasteiger partial charge is 0.263 e. The van der Waals surface area contributed by atoms with Gasteiger partial charge in [-0.3, -0.25) is 4.72 Å². The molecule has 1 aliphatic rings. The minimum atomic E-state index is -4.13. The number of sulfonamides is 1. The topological polar surface area (TPSA) is 103 Å². The highest BCUT2D eigenvalue weighted by molar-refractivity contribution is 7.92. The van der Waals surface area contributed by atoms with Crippen LogP contribution in [0.4, 0.5) is 15.9 Å². The van der Waals surface area contributed by atoms with E-state index in [1.165, 1.54) is 36.7 Å². The number of hydrogen-bond acceptors (Lipinski definition) is 5. The third kappa shape index (κ3) is 4.08. The Morgan fingerprint density at radius 2 is 1.85 bits per heavy atom. The van der Waals surface area contributed by atoms with Crippen LogP contribution in [0.25, 0.3) is 22.2 Å². The van der Waals surface area contributed by atoms with E-state index in [-0.39, 0.29) is 15.6 Å². The highest BCUT2D eigenvalue weighted by Gasteiger charge is 2.24. The van der Waals surface area contributed by atoms with E-state index in [9.17, 15) is 8.42 Å². The summed E-state index contributed by atoms with van der Waals surface area (Å²) in [7, 11) is -4.13. The summed E-state index contributed by atoms with van der Waals surface area (Å²) in [6.45, 7) is 0. The molecule has 0 amide bonds. The molecule has 1 aliphatic carbocycles. The number of nitrogens with zero attached hydrogens (tertiary/aromatic N) is 3. The van der Waals surface area contributed by atoms with Crippen molar-refractivity contribution in [3.8, 4) is 11.1 Å². The fourth-order valence-electron chi connectivity index (χ4n) is 4.45. The Bertz CT molecular complexity index is 1520. The molecule has 3 N–H and O–H groups in total. The van der Waals surface area contributed by atoms with Gasteiger partial charge in [-0.1, -0.05) is 42.1 Å². The maximum atomic E-state index is 15.1. The Kier molecular flexibility index (Phi) is 5.87. The zero-order chi connectivity index (χ0) is 24.0. The molecular weight excluding hydrogens is 500 g/mol. The number of nitrogens with one attached hydrogen (secondary N) is 1. The lowest BCUT2D eigenvalue weighted by Crippen LogP contribution is -2.14. The molecule has 34 heavy (non-hydrogen) atoms. The van der Waals surface area contributed by atoms with Crippen LogP contribution >= 0.6 is 23.2 Å². The van der Waals surface area contributed by atoms with Crippen LogP contribution in [-0.4, -0.2) is 23.0 Å². The van der Waals surface area contributed by atoms with Gasteiger partial charge in [0, 0.05) is 22.8 Å². The molecule has 0 spiro atoms.